The number of para-hydroxylation sites is 1. The van der Waals surface area contributed by atoms with E-state index in [2.05, 4.69) is 5.48 Å². The molecular weight excluding hydrogens is 500 g/mol. The van der Waals surface area contributed by atoms with Crippen molar-refractivity contribution >= 4 is 39.0 Å². The van der Waals surface area contributed by atoms with Crippen molar-refractivity contribution in [1.29, 1.82) is 0 Å². The molecule has 0 radical (unpaired) electrons. The van der Waals surface area contributed by atoms with Crippen molar-refractivity contribution in [3.05, 3.63) is 94.0 Å². The minimum Gasteiger partial charge on any atom is -0.297 e. The highest BCUT2D eigenvalue weighted by Crippen LogP contribution is 2.30. The van der Waals surface area contributed by atoms with E-state index in [0.29, 0.717) is 27.4 Å². The highest BCUT2D eigenvalue weighted by molar-refractivity contribution is 7.92. The minimum atomic E-state index is -3.86. The molecule has 0 bridgehead atoms. The first-order chi connectivity index (χ1) is 17.1. The van der Waals surface area contributed by atoms with Crippen molar-refractivity contribution in [2.75, 3.05) is 18.0 Å². The zero-order valence-electron chi connectivity index (χ0n) is 20.5. The zero-order chi connectivity index (χ0) is 26.3. The number of ketones is 1. The van der Waals surface area contributed by atoms with Crippen LogP contribution in [0.3, 0.4) is 0 Å². The Hall–Kier alpha value is -3.20. The van der Waals surface area contributed by atoms with Gasteiger partial charge in [-0.2, -0.15) is 0 Å². The Bertz CT molecular complexity index is 1340. The van der Waals surface area contributed by atoms with Gasteiger partial charge in [0.15, 0.2) is 5.78 Å². The summed E-state index contributed by atoms with van der Waals surface area (Å²) < 4.78 is 28.0. The summed E-state index contributed by atoms with van der Waals surface area (Å²) in [5.74, 6) is -0.571. The molecule has 0 aromatic heterocycles. The number of amides is 1. The second-order valence-electron chi connectivity index (χ2n) is 8.48. The fourth-order valence-corrected chi connectivity index (χ4v) is 5.45. The molecule has 1 N–H and O–H groups in total. The molecule has 36 heavy (non-hydrogen) atoms. The Kier molecular flexibility index (Phi) is 9.25. The van der Waals surface area contributed by atoms with E-state index in [1.807, 2.05) is 30.3 Å². The molecule has 3 rings (SSSR count). The number of hydrogen-bond donors (Lipinski definition) is 1. The highest BCUT2D eigenvalue weighted by Gasteiger charge is 2.25. The number of rotatable bonds is 11. The van der Waals surface area contributed by atoms with Gasteiger partial charge in [-0.15, -0.1) is 0 Å². The number of carbonyl (C=O) groups excluding carboxylic acids is 2. The van der Waals surface area contributed by atoms with Crippen LogP contribution in [-0.2, 0) is 37.3 Å². The molecule has 0 saturated heterocycles. The van der Waals surface area contributed by atoms with Gasteiger partial charge in [0.05, 0.1) is 10.6 Å². The SMILES string of the molecule is Cc1cc(S(=O)(=O)N(C)c2ccccc2CCC(=O)NOCC(=O)Cc2ccccc2)c(C)cc1Cl. The number of Topliss-reactive ketones (excluding diaryl/α,β-unsaturated/α-hetero) is 1. The Morgan fingerprint density at radius 2 is 1.64 bits per heavy atom. The van der Waals surface area contributed by atoms with Crippen LogP contribution in [0.5, 0.6) is 0 Å². The van der Waals surface area contributed by atoms with Gasteiger partial charge < -0.3 is 0 Å². The molecule has 0 heterocycles. The molecule has 190 valence electrons. The number of benzene rings is 3. The number of halogens is 1. The van der Waals surface area contributed by atoms with Gasteiger partial charge in [-0.05, 0) is 60.7 Å². The molecule has 0 aliphatic heterocycles. The van der Waals surface area contributed by atoms with E-state index >= 15 is 0 Å². The van der Waals surface area contributed by atoms with Crippen LogP contribution in [0.15, 0.2) is 71.6 Å². The van der Waals surface area contributed by atoms with Crippen LogP contribution in [0.1, 0.15) is 28.7 Å². The molecule has 0 spiro atoms. The summed E-state index contributed by atoms with van der Waals surface area (Å²) in [7, 11) is -2.38. The van der Waals surface area contributed by atoms with Crippen LogP contribution in [0, 0.1) is 13.8 Å². The molecule has 7 nitrogen and oxygen atoms in total. The lowest BCUT2D eigenvalue weighted by Crippen LogP contribution is -2.29. The summed E-state index contributed by atoms with van der Waals surface area (Å²) in [5.41, 5.74) is 5.53. The second kappa shape index (κ2) is 12.2. The highest BCUT2D eigenvalue weighted by atomic mass is 35.5. The van der Waals surface area contributed by atoms with E-state index in [9.17, 15) is 18.0 Å². The van der Waals surface area contributed by atoms with Crippen molar-refractivity contribution in [3.8, 4) is 0 Å². The van der Waals surface area contributed by atoms with Crippen molar-refractivity contribution in [1.82, 2.24) is 5.48 Å². The summed E-state index contributed by atoms with van der Waals surface area (Å²) in [6, 6.07) is 19.5. The molecule has 0 saturated carbocycles. The minimum absolute atomic E-state index is 0.0524. The maximum absolute atomic E-state index is 13.4. The van der Waals surface area contributed by atoms with Crippen molar-refractivity contribution in [3.63, 3.8) is 0 Å². The summed E-state index contributed by atoms with van der Waals surface area (Å²) in [4.78, 5) is 29.5. The molecule has 1 amide bonds. The predicted molar refractivity (Wildman–Crippen MR) is 141 cm³/mol. The molecular formula is C27H29ClN2O5S. The Morgan fingerprint density at radius 3 is 2.36 bits per heavy atom. The Balaban J connectivity index is 1.60. The van der Waals surface area contributed by atoms with Crippen LogP contribution >= 0.6 is 11.6 Å². The zero-order valence-corrected chi connectivity index (χ0v) is 22.0. The van der Waals surface area contributed by atoms with Crippen molar-refractivity contribution < 1.29 is 22.8 Å². The van der Waals surface area contributed by atoms with E-state index in [-0.39, 0.29) is 36.5 Å². The normalized spacial score (nSPS) is 11.2. The first-order valence-electron chi connectivity index (χ1n) is 11.4. The molecule has 0 unspecified atom stereocenters. The van der Waals surface area contributed by atoms with Crippen LogP contribution in [0.4, 0.5) is 5.69 Å². The first-order valence-corrected chi connectivity index (χ1v) is 13.2. The third-order valence-corrected chi connectivity index (χ3v) is 8.03. The monoisotopic (exact) mass is 528 g/mol. The second-order valence-corrected chi connectivity index (χ2v) is 10.8. The number of hydroxylamine groups is 1. The third kappa shape index (κ3) is 6.94. The van der Waals surface area contributed by atoms with Gasteiger partial charge in [0.2, 0.25) is 5.91 Å². The van der Waals surface area contributed by atoms with Crippen LogP contribution in [-0.4, -0.2) is 33.8 Å². The molecule has 3 aromatic carbocycles. The first kappa shape index (κ1) is 27.4. The van der Waals surface area contributed by atoms with Gasteiger partial charge in [-0.25, -0.2) is 13.9 Å². The Labute approximate surface area is 217 Å². The van der Waals surface area contributed by atoms with E-state index in [1.54, 1.807) is 50.2 Å². The average Bonchev–Trinajstić information content (AvgIpc) is 2.85. The number of hydrogen-bond acceptors (Lipinski definition) is 5. The maximum Gasteiger partial charge on any atom is 0.264 e. The van der Waals surface area contributed by atoms with Crippen LogP contribution < -0.4 is 9.79 Å². The molecule has 0 aliphatic rings. The van der Waals surface area contributed by atoms with Crippen LogP contribution in [0.2, 0.25) is 5.02 Å². The van der Waals surface area contributed by atoms with Crippen molar-refractivity contribution in [2.24, 2.45) is 0 Å². The smallest absolute Gasteiger partial charge is 0.264 e. The van der Waals surface area contributed by atoms with E-state index in [4.69, 9.17) is 16.4 Å². The fourth-order valence-electron chi connectivity index (χ4n) is 3.71. The van der Waals surface area contributed by atoms with Gasteiger partial charge in [-0.1, -0.05) is 60.1 Å². The summed E-state index contributed by atoms with van der Waals surface area (Å²) in [5, 5.41) is 0.504. The van der Waals surface area contributed by atoms with E-state index in [0.717, 1.165) is 5.56 Å². The largest absolute Gasteiger partial charge is 0.297 e. The number of anilines is 1. The quantitative estimate of drug-likeness (QED) is 0.368. The molecule has 3 aromatic rings. The van der Waals surface area contributed by atoms with Gasteiger partial charge in [-0.3, -0.25) is 18.7 Å². The van der Waals surface area contributed by atoms with Crippen LogP contribution in [0.25, 0.3) is 0 Å². The van der Waals surface area contributed by atoms with E-state index in [1.165, 1.54) is 11.4 Å². The lowest BCUT2D eigenvalue weighted by molar-refractivity contribution is -0.138. The standard InChI is InChI=1S/C27H29ClN2O5S/c1-19-16-26(20(2)15-24(19)28)36(33,34)30(3)25-12-8-7-11-22(25)13-14-27(32)29-35-18-23(31)17-21-9-5-4-6-10-21/h4-12,15-16H,13-14,17-18H2,1-3H3,(H,29,32). The lowest BCUT2D eigenvalue weighted by Gasteiger charge is -2.23. The van der Waals surface area contributed by atoms with Crippen molar-refractivity contribution in [2.45, 2.75) is 38.0 Å². The Morgan fingerprint density at radius 1 is 0.972 bits per heavy atom. The summed E-state index contributed by atoms with van der Waals surface area (Å²) in [6.45, 7) is 3.22. The van der Waals surface area contributed by atoms with Gasteiger partial charge in [0.25, 0.3) is 10.0 Å². The molecule has 0 aliphatic carbocycles. The van der Waals surface area contributed by atoms with E-state index < -0.39 is 15.9 Å². The topological polar surface area (TPSA) is 92.8 Å². The average molecular weight is 529 g/mol. The third-order valence-electron chi connectivity index (χ3n) is 5.71. The number of aryl methyl sites for hydroxylation is 3. The molecule has 0 atom stereocenters. The number of nitrogens with zero attached hydrogens (tertiary/aromatic N) is 1. The van der Waals surface area contributed by atoms with Gasteiger partial charge in [0, 0.05) is 24.9 Å². The summed E-state index contributed by atoms with van der Waals surface area (Å²) >= 11 is 6.14. The number of sulfonamides is 1. The van der Waals surface area contributed by atoms with Gasteiger partial charge >= 0.3 is 0 Å². The number of nitrogens with one attached hydrogen (secondary N) is 1. The molecule has 9 heteroatoms. The lowest BCUT2D eigenvalue weighted by atomic mass is 10.1. The predicted octanol–water partition coefficient (Wildman–Crippen LogP) is 4.57. The fraction of sp³-hybridized carbons (Fsp3) is 0.259. The molecule has 0 fully saturated rings. The maximum atomic E-state index is 13.4. The number of carbonyl (C=O) groups is 2. The van der Waals surface area contributed by atoms with Gasteiger partial charge in [0.1, 0.15) is 6.61 Å². The summed E-state index contributed by atoms with van der Waals surface area (Å²) in [6.07, 6.45) is 0.552.